The Labute approximate surface area is 46.6 Å². The van der Waals surface area contributed by atoms with E-state index in [0.29, 0.717) is 0 Å². The largest absolute Gasteiger partial charge is 0.328 e. The van der Waals surface area contributed by atoms with Crippen LogP contribution in [-0.2, 0) is 0 Å². The molecule has 0 spiro atoms. The van der Waals surface area contributed by atoms with Gasteiger partial charge in [-0.05, 0) is 13.3 Å². The molecule has 0 aromatic carbocycles. The first-order chi connectivity index (χ1) is 4.67. The van der Waals surface area contributed by atoms with E-state index in [-0.39, 0.29) is 6.42 Å². The van der Waals surface area contributed by atoms with Crippen LogP contribution in [-0.4, -0.2) is 6.04 Å². The Morgan fingerprint density at radius 3 is 3.00 bits per heavy atom. The van der Waals surface area contributed by atoms with Gasteiger partial charge in [0.2, 0.25) is 0 Å². The number of hydrogen-bond donors (Lipinski definition) is 1. The molecule has 0 aromatic heterocycles. The van der Waals surface area contributed by atoms with E-state index in [2.05, 4.69) is 0 Å². The summed E-state index contributed by atoms with van der Waals surface area (Å²) in [6, 6.07) is -0.426. The van der Waals surface area contributed by atoms with E-state index >= 15 is 0 Å². The highest BCUT2D eigenvalue weighted by atomic mass is 14.6. The number of hydrogen-bond acceptors (Lipinski definition) is 1. The van der Waals surface area contributed by atoms with E-state index < -0.39 is 19.3 Å². The Morgan fingerprint density at radius 1 is 2.17 bits per heavy atom. The summed E-state index contributed by atoms with van der Waals surface area (Å²) in [5, 5.41) is 0. The fourth-order valence-electron chi connectivity index (χ4n) is 0.161. The van der Waals surface area contributed by atoms with Crippen molar-refractivity contribution in [2.75, 3.05) is 0 Å². The van der Waals surface area contributed by atoms with Crippen molar-refractivity contribution in [1.29, 1.82) is 0 Å². The molecule has 1 heteroatoms. The maximum absolute atomic E-state index is 7.13. The van der Waals surface area contributed by atoms with Crippen LogP contribution >= 0.6 is 0 Å². The van der Waals surface area contributed by atoms with Gasteiger partial charge in [0.25, 0.3) is 0 Å². The predicted molar refractivity (Wildman–Crippen MR) is 28.6 cm³/mol. The molecule has 1 nitrogen and oxygen atoms in total. The van der Waals surface area contributed by atoms with Crippen molar-refractivity contribution < 1.29 is 6.85 Å². The van der Waals surface area contributed by atoms with Crippen LogP contribution in [0.1, 0.15) is 33.4 Å². The minimum Gasteiger partial charge on any atom is -0.328 e. The van der Waals surface area contributed by atoms with Crippen LogP contribution in [0.5, 0.6) is 0 Å². The summed E-state index contributed by atoms with van der Waals surface area (Å²) in [6.45, 7) is -0.982. The van der Waals surface area contributed by atoms with Gasteiger partial charge in [-0.1, -0.05) is 13.2 Å². The predicted octanol–water partition coefficient (Wildman–Crippen LogP) is 1.13. The minimum absolute atomic E-state index is 0.135. The molecule has 0 amide bonds. The zero-order valence-corrected chi connectivity index (χ0v) is 3.86. The third kappa shape index (κ3) is 3.96. The molecular weight excluding hydrogens is 74.1 g/mol. The summed E-state index contributed by atoms with van der Waals surface area (Å²) >= 11 is 0. The third-order valence-electron chi connectivity index (χ3n) is 0.424. The van der Waals surface area contributed by atoms with Crippen molar-refractivity contribution in [2.45, 2.75) is 32.6 Å². The molecule has 0 aliphatic rings. The van der Waals surface area contributed by atoms with E-state index in [1.165, 1.54) is 0 Å². The number of nitrogens with two attached hydrogens (primary N) is 1. The van der Waals surface area contributed by atoms with Crippen LogP contribution in [0.15, 0.2) is 0 Å². The average molecular weight is 92.2 g/mol. The van der Waals surface area contributed by atoms with Gasteiger partial charge >= 0.3 is 0 Å². The first-order valence-electron chi connectivity index (χ1n) is 4.42. The molecule has 38 valence electrons. The Bertz CT molecular complexity index is 127. The topological polar surface area (TPSA) is 26.0 Å². The van der Waals surface area contributed by atoms with Gasteiger partial charge in [-0.3, -0.25) is 0 Å². The maximum Gasteiger partial charge on any atom is 0.0264 e. The highest BCUT2D eigenvalue weighted by Gasteiger charge is 1.85. The first-order valence-corrected chi connectivity index (χ1v) is 1.92. The zero-order chi connectivity index (χ0) is 9.28. The summed E-state index contributed by atoms with van der Waals surface area (Å²) in [5.74, 6) is 0. The Morgan fingerprint density at radius 2 is 2.83 bits per heavy atom. The summed E-state index contributed by atoms with van der Waals surface area (Å²) < 4.78 is 34.8. The molecule has 0 rings (SSSR count). The molecule has 0 bridgehead atoms. The van der Waals surface area contributed by atoms with Crippen molar-refractivity contribution in [3.63, 3.8) is 0 Å². The smallest absolute Gasteiger partial charge is 0.0264 e. The van der Waals surface area contributed by atoms with Gasteiger partial charge in [-0.25, -0.2) is 0 Å². The second kappa shape index (κ2) is 3.16. The summed E-state index contributed by atoms with van der Waals surface area (Å²) in [4.78, 5) is 0. The second-order valence-corrected chi connectivity index (χ2v) is 1.36. The summed E-state index contributed by atoms with van der Waals surface area (Å²) in [6.07, 6.45) is -2.30. The Kier molecular flexibility index (Phi) is 0.779. The highest BCUT2D eigenvalue weighted by Crippen LogP contribution is 1.88. The lowest BCUT2D eigenvalue weighted by Crippen LogP contribution is -2.13. The molecule has 1 atom stereocenters. The van der Waals surface area contributed by atoms with E-state index in [0.717, 1.165) is 0 Å². The van der Waals surface area contributed by atoms with Crippen molar-refractivity contribution in [2.24, 2.45) is 5.73 Å². The van der Waals surface area contributed by atoms with E-state index in [9.17, 15) is 0 Å². The molecule has 2 N–H and O–H groups in total. The lowest BCUT2D eigenvalue weighted by molar-refractivity contribution is 0.653. The fraction of sp³-hybridized carbons (Fsp3) is 1.00. The van der Waals surface area contributed by atoms with Crippen LogP contribution < -0.4 is 5.73 Å². The van der Waals surface area contributed by atoms with E-state index in [4.69, 9.17) is 12.6 Å². The normalized spacial score (nSPS) is 31.3. The third-order valence-corrected chi connectivity index (χ3v) is 0.424. The first kappa shape index (κ1) is 1.48. The van der Waals surface area contributed by atoms with Crippen LogP contribution in [0.3, 0.4) is 0 Å². The Hall–Kier alpha value is -0.0400. The van der Waals surface area contributed by atoms with Gasteiger partial charge in [0.1, 0.15) is 0 Å². The quantitative estimate of drug-likeness (QED) is 0.543. The van der Waals surface area contributed by atoms with Gasteiger partial charge in [0.05, 0.1) is 0 Å². The van der Waals surface area contributed by atoms with Crippen LogP contribution in [0.4, 0.5) is 0 Å². The van der Waals surface area contributed by atoms with Crippen LogP contribution in [0.25, 0.3) is 0 Å². The molecule has 6 heavy (non-hydrogen) atoms. The van der Waals surface area contributed by atoms with Crippen LogP contribution in [0, 0.1) is 0 Å². The van der Waals surface area contributed by atoms with Gasteiger partial charge in [0.15, 0.2) is 0 Å². The van der Waals surface area contributed by atoms with Crippen LogP contribution in [0.2, 0.25) is 0 Å². The Balaban J connectivity index is 4.22. The molecule has 0 aromatic rings. The van der Waals surface area contributed by atoms with Crippen molar-refractivity contribution in [1.82, 2.24) is 0 Å². The molecule has 0 fully saturated rings. The standard InChI is InChI=1S/C5H13N/c1-3-4-5(2)6/h5H,3-4,6H2,1-2H3/i1D3,3D2. The molecule has 0 saturated carbocycles. The second-order valence-electron chi connectivity index (χ2n) is 1.36. The lowest BCUT2D eigenvalue weighted by atomic mass is 10.2. The van der Waals surface area contributed by atoms with Gasteiger partial charge in [-0.15, -0.1) is 0 Å². The zero-order valence-electron chi connectivity index (χ0n) is 8.86. The van der Waals surface area contributed by atoms with Gasteiger partial charge < -0.3 is 5.73 Å². The molecule has 0 aliphatic carbocycles. The maximum atomic E-state index is 7.13. The van der Waals surface area contributed by atoms with Gasteiger partial charge in [-0.2, -0.15) is 0 Å². The molecule has 1 unspecified atom stereocenters. The molecule has 0 aliphatic heterocycles. The number of rotatable bonds is 2. The summed E-state index contributed by atoms with van der Waals surface area (Å²) in [7, 11) is 0. The highest BCUT2D eigenvalue weighted by molar-refractivity contribution is 4.47. The van der Waals surface area contributed by atoms with Gasteiger partial charge in [0, 0.05) is 12.9 Å². The molecule has 0 saturated heterocycles. The lowest BCUT2D eigenvalue weighted by Gasteiger charge is -1.96. The summed E-state index contributed by atoms with van der Waals surface area (Å²) in [5.41, 5.74) is 5.29. The van der Waals surface area contributed by atoms with E-state index in [1.54, 1.807) is 6.92 Å². The van der Waals surface area contributed by atoms with Crippen molar-refractivity contribution >= 4 is 0 Å². The minimum atomic E-state index is -2.57. The molecule has 0 radical (unpaired) electrons. The van der Waals surface area contributed by atoms with Crippen molar-refractivity contribution in [3.8, 4) is 0 Å². The van der Waals surface area contributed by atoms with Crippen molar-refractivity contribution in [3.05, 3.63) is 0 Å². The SMILES string of the molecule is [2H]C([2H])([2H])C([2H])([2H])CC(C)N. The average Bonchev–Trinajstić information content (AvgIpc) is 1.56. The monoisotopic (exact) mass is 92.1 g/mol. The molecule has 0 heterocycles. The fourth-order valence-corrected chi connectivity index (χ4v) is 0.161. The molecular formula is C5H13N. The van der Waals surface area contributed by atoms with E-state index in [1.807, 2.05) is 0 Å².